The van der Waals surface area contributed by atoms with Crippen LogP contribution in [0.4, 0.5) is 4.79 Å². The van der Waals surface area contributed by atoms with Crippen molar-refractivity contribution in [1.29, 1.82) is 0 Å². The Morgan fingerprint density at radius 1 is 1.00 bits per heavy atom. The van der Waals surface area contributed by atoms with Gasteiger partial charge in [0.25, 0.3) is 0 Å². The highest BCUT2D eigenvalue weighted by molar-refractivity contribution is 5.93. The number of carbonyl (C=O) groups excluding carboxylic acids is 1. The molecule has 2 fully saturated rings. The molecule has 1 amide bonds. The molecule has 3 aromatic rings. The molecule has 2 bridgehead atoms. The van der Waals surface area contributed by atoms with Gasteiger partial charge in [0.15, 0.2) is 0 Å². The number of hydrogen-bond acceptors (Lipinski definition) is 5. The second-order valence-corrected chi connectivity index (χ2v) is 9.99. The summed E-state index contributed by atoms with van der Waals surface area (Å²) in [4.78, 5) is 26.8. The number of rotatable bonds is 3. The quantitative estimate of drug-likeness (QED) is 0.477. The van der Waals surface area contributed by atoms with Gasteiger partial charge in [-0.3, -0.25) is 0 Å². The topological polar surface area (TPSA) is 69.0 Å². The van der Waals surface area contributed by atoms with E-state index in [-0.39, 0.29) is 29.9 Å². The van der Waals surface area contributed by atoms with Crippen molar-refractivity contribution in [3.05, 3.63) is 65.0 Å². The Morgan fingerprint density at radius 3 is 2.36 bits per heavy atom. The summed E-state index contributed by atoms with van der Waals surface area (Å²) in [7, 11) is 0. The number of benzene rings is 2. The normalized spacial score (nSPS) is 22.4. The zero-order valence-corrected chi connectivity index (χ0v) is 19.2. The fraction of sp³-hybridized carbons (Fsp3) is 0.407. The van der Waals surface area contributed by atoms with Crippen LogP contribution in [0.5, 0.6) is 5.75 Å². The van der Waals surface area contributed by atoms with Gasteiger partial charge in [0.1, 0.15) is 23.0 Å². The zero-order valence-electron chi connectivity index (χ0n) is 19.2. The van der Waals surface area contributed by atoms with Crippen LogP contribution in [0.1, 0.15) is 46.5 Å². The van der Waals surface area contributed by atoms with E-state index in [1.54, 1.807) is 6.07 Å². The molecule has 1 aromatic heterocycles. The van der Waals surface area contributed by atoms with Crippen molar-refractivity contribution in [2.75, 3.05) is 0 Å². The van der Waals surface area contributed by atoms with Crippen molar-refractivity contribution in [1.82, 2.24) is 4.90 Å². The average molecular weight is 448 g/mol. The molecule has 2 aliphatic heterocycles. The van der Waals surface area contributed by atoms with E-state index in [4.69, 9.17) is 13.9 Å². The summed E-state index contributed by atoms with van der Waals surface area (Å²) in [6.07, 6.45) is 3.24. The van der Waals surface area contributed by atoms with Crippen LogP contribution in [0.2, 0.25) is 0 Å². The number of nitrogens with zero attached hydrogens (tertiary/aromatic N) is 1. The fourth-order valence-electron chi connectivity index (χ4n) is 5.10. The molecule has 172 valence electrons. The molecule has 6 heteroatoms. The molecule has 0 unspecified atom stereocenters. The second-order valence-electron chi connectivity index (χ2n) is 9.99. The van der Waals surface area contributed by atoms with Crippen LogP contribution < -0.4 is 10.4 Å². The molecule has 5 rings (SSSR count). The highest BCUT2D eigenvalue weighted by Gasteiger charge is 2.45. The Hall–Kier alpha value is -3.28. The maximum Gasteiger partial charge on any atom is 0.410 e. The molecule has 2 saturated heterocycles. The lowest BCUT2D eigenvalue weighted by Crippen LogP contribution is -2.50. The lowest BCUT2D eigenvalue weighted by Gasteiger charge is -2.39. The first-order chi connectivity index (χ1) is 15.8. The first-order valence-electron chi connectivity index (χ1n) is 11.6. The molecule has 0 aliphatic carbocycles. The number of carbonyl (C=O) groups is 1. The maximum absolute atomic E-state index is 12.7. The molecule has 3 atom stereocenters. The highest BCUT2D eigenvalue weighted by atomic mass is 16.6. The van der Waals surface area contributed by atoms with E-state index in [1.807, 2.05) is 68.1 Å². The standard InChI is InChI=1S/C27H29NO5/c1-27(2,3)33-26(30)28-18-9-10-19(28)14-21(13-18)31-20-11-12-22-23(17-7-5-4-6-8-17)16-25(29)32-24(22)15-20/h4-8,11-12,15-16,18-19,21H,9-10,13-14H2,1-3H3/t18-,19+,21-. The largest absolute Gasteiger partial charge is 0.490 e. The third kappa shape index (κ3) is 4.47. The van der Waals surface area contributed by atoms with Crippen molar-refractivity contribution >= 4 is 17.1 Å². The van der Waals surface area contributed by atoms with E-state index in [9.17, 15) is 9.59 Å². The van der Waals surface area contributed by atoms with E-state index in [2.05, 4.69) is 0 Å². The average Bonchev–Trinajstić information content (AvgIpc) is 3.03. The molecular formula is C27H29NO5. The zero-order chi connectivity index (χ0) is 23.2. The number of amides is 1. The third-order valence-corrected chi connectivity index (χ3v) is 6.40. The number of ether oxygens (including phenoxy) is 2. The molecule has 3 heterocycles. The molecule has 0 saturated carbocycles. The first kappa shape index (κ1) is 21.6. The van der Waals surface area contributed by atoms with E-state index < -0.39 is 5.60 Å². The van der Waals surface area contributed by atoms with Gasteiger partial charge in [-0.15, -0.1) is 0 Å². The Kier molecular flexibility index (Phi) is 5.39. The Morgan fingerprint density at radius 2 is 1.70 bits per heavy atom. The van der Waals surface area contributed by atoms with Gasteiger partial charge in [0.2, 0.25) is 0 Å². The molecule has 2 aliphatic rings. The third-order valence-electron chi connectivity index (χ3n) is 6.40. The molecule has 33 heavy (non-hydrogen) atoms. The lowest BCUT2D eigenvalue weighted by molar-refractivity contribution is -0.00706. The summed E-state index contributed by atoms with van der Waals surface area (Å²) in [6.45, 7) is 5.68. The predicted octanol–water partition coefficient (Wildman–Crippen LogP) is 5.77. The molecule has 0 N–H and O–H groups in total. The Labute approximate surface area is 193 Å². The monoisotopic (exact) mass is 447 g/mol. The van der Waals surface area contributed by atoms with Gasteiger partial charge in [0.05, 0.1) is 0 Å². The van der Waals surface area contributed by atoms with Crippen LogP contribution in [0.15, 0.2) is 63.8 Å². The van der Waals surface area contributed by atoms with Crippen molar-refractivity contribution in [3.63, 3.8) is 0 Å². The van der Waals surface area contributed by atoms with Crippen LogP contribution in [0.3, 0.4) is 0 Å². The number of hydrogen-bond donors (Lipinski definition) is 0. The summed E-state index contributed by atoms with van der Waals surface area (Å²) in [5.41, 5.74) is 1.43. The van der Waals surface area contributed by atoms with Crippen LogP contribution in [-0.4, -0.2) is 34.8 Å². The van der Waals surface area contributed by atoms with E-state index in [1.165, 1.54) is 6.07 Å². The smallest absolute Gasteiger partial charge is 0.410 e. The van der Waals surface area contributed by atoms with Crippen molar-refractivity contribution in [2.45, 2.75) is 70.2 Å². The molecule has 6 nitrogen and oxygen atoms in total. The highest BCUT2D eigenvalue weighted by Crippen LogP contribution is 2.39. The van der Waals surface area contributed by atoms with Crippen LogP contribution in [0, 0.1) is 0 Å². The minimum absolute atomic E-state index is 0.00247. The fourth-order valence-corrected chi connectivity index (χ4v) is 5.10. The van der Waals surface area contributed by atoms with E-state index in [0.29, 0.717) is 11.3 Å². The van der Waals surface area contributed by atoms with Gasteiger partial charge in [-0.1, -0.05) is 30.3 Å². The molecular weight excluding hydrogens is 418 g/mol. The lowest BCUT2D eigenvalue weighted by atomic mass is 10.00. The van der Waals surface area contributed by atoms with Crippen LogP contribution in [-0.2, 0) is 4.74 Å². The summed E-state index contributed by atoms with van der Waals surface area (Å²) < 4.78 is 17.4. The van der Waals surface area contributed by atoms with Gasteiger partial charge < -0.3 is 18.8 Å². The number of piperidine rings is 1. The minimum Gasteiger partial charge on any atom is -0.490 e. The van der Waals surface area contributed by atoms with Crippen LogP contribution >= 0.6 is 0 Å². The second kappa shape index (κ2) is 8.25. The van der Waals surface area contributed by atoms with Crippen molar-refractivity contribution in [3.8, 4) is 16.9 Å². The number of fused-ring (bicyclic) bond motifs is 3. The Bertz CT molecular complexity index is 1210. The van der Waals surface area contributed by atoms with Crippen molar-refractivity contribution in [2.24, 2.45) is 0 Å². The van der Waals surface area contributed by atoms with Gasteiger partial charge in [-0.05, 0) is 56.9 Å². The van der Waals surface area contributed by atoms with Gasteiger partial charge in [0, 0.05) is 42.4 Å². The molecule has 2 aromatic carbocycles. The summed E-state index contributed by atoms with van der Waals surface area (Å²) in [5.74, 6) is 0.672. The summed E-state index contributed by atoms with van der Waals surface area (Å²) in [6, 6.07) is 17.3. The summed E-state index contributed by atoms with van der Waals surface area (Å²) in [5, 5.41) is 0.868. The first-order valence-corrected chi connectivity index (χ1v) is 11.6. The van der Waals surface area contributed by atoms with E-state index in [0.717, 1.165) is 42.2 Å². The van der Waals surface area contributed by atoms with Gasteiger partial charge in [-0.2, -0.15) is 0 Å². The Balaban J connectivity index is 1.35. The van der Waals surface area contributed by atoms with E-state index >= 15 is 0 Å². The van der Waals surface area contributed by atoms with Crippen molar-refractivity contribution < 1.29 is 18.7 Å². The molecule has 0 spiro atoms. The van der Waals surface area contributed by atoms with Gasteiger partial charge >= 0.3 is 11.7 Å². The SMILES string of the molecule is CC(C)(C)OC(=O)N1[C@@H]2CC[C@H]1C[C@H](Oc1ccc3c(-c4ccccc4)cc(=O)oc3c1)C2. The summed E-state index contributed by atoms with van der Waals surface area (Å²) >= 11 is 0. The van der Waals surface area contributed by atoms with Gasteiger partial charge in [-0.25, -0.2) is 9.59 Å². The maximum atomic E-state index is 12.7. The molecule has 0 radical (unpaired) electrons. The minimum atomic E-state index is -0.502. The van der Waals surface area contributed by atoms with Crippen LogP contribution in [0.25, 0.3) is 22.1 Å². The predicted molar refractivity (Wildman–Crippen MR) is 126 cm³/mol.